The van der Waals surface area contributed by atoms with E-state index in [4.69, 9.17) is 11.6 Å². The molecule has 176 valence electrons. The summed E-state index contributed by atoms with van der Waals surface area (Å²) in [6.45, 7) is -1.45. The molecule has 1 atom stereocenters. The normalized spacial score (nSPS) is 13.7. The van der Waals surface area contributed by atoms with Crippen LogP contribution in [0.4, 0.5) is 13.2 Å². The van der Waals surface area contributed by atoms with E-state index in [2.05, 4.69) is 9.97 Å². The first-order valence-electron chi connectivity index (χ1n) is 10.0. The zero-order chi connectivity index (χ0) is 24.0. The number of H-pyrrole nitrogens is 1. The second kappa shape index (κ2) is 8.53. The SMILES string of the molecule is CS(=O)(=O)CCCC(c1cc2cc(Cl)ccc2[nH]1)n1c(=O)n(CC(F)(F)F)c2ccncc21. The van der Waals surface area contributed by atoms with Gasteiger partial charge in [0.1, 0.15) is 16.4 Å². The summed E-state index contributed by atoms with van der Waals surface area (Å²) in [6.07, 6.45) is -0.421. The van der Waals surface area contributed by atoms with Gasteiger partial charge in [0.25, 0.3) is 0 Å². The van der Waals surface area contributed by atoms with Crippen molar-refractivity contribution in [1.29, 1.82) is 0 Å². The first kappa shape index (κ1) is 23.4. The van der Waals surface area contributed by atoms with Crippen molar-refractivity contribution in [2.45, 2.75) is 31.6 Å². The zero-order valence-corrected chi connectivity index (χ0v) is 19.0. The van der Waals surface area contributed by atoms with Gasteiger partial charge in [0.15, 0.2) is 0 Å². The predicted octanol–water partition coefficient (Wildman–Crippen LogP) is 4.31. The fourth-order valence-electron chi connectivity index (χ4n) is 4.03. The largest absolute Gasteiger partial charge is 0.406 e. The van der Waals surface area contributed by atoms with E-state index in [-0.39, 0.29) is 29.6 Å². The standard InChI is InChI=1S/C21H20ClF3N4O3S/c1-33(31,32)8-2-3-17(16-10-13-9-14(22)4-5-15(13)27-16)29-19-11-26-7-6-18(19)28(20(29)30)12-21(23,24)25/h4-7,9-11,17,27H,2-3,8,12H2,1H3. The number of hydrogen-bond acceptors (Lipinski definition) is 4. The number of fused-ring (bicyclic) bond motifs is 2. The summed E-state index contributed by atoms with van der Waals surface area (Å²) in [6, 6.07) is 7.55. The average Bonchev–Trinajstić information content (AvgIpc) is 3.23. The van der Waals surface area contributed by atoms with E-state index in [0.29, 0.717) is 15.3 Å². The second-order valence-electron chi connectivity index (χ2n) is 7.96. The Kier molecular flexibility index (Phi) is 6.04. The minimum atomic E-state index is -4.60. The predicted molar refractivity (Wildman–Crippen MR) is 120 cm³/mol. The number of benzene rings is 1. The van der Waals surface area contributed by atoms with Crippen LogP contribution in [0.25, 0.3) is 21.9 Å². The molecular formula is C21H20ClF3N4O3S. The highest BCUT2D eigenvalue weighted by Gasteiger charge is 2.32. The lowest BCUT2D eigenvalue weighted by molar-refractivity contribution is -0.140. The highest BCUT2D eigenvalue weighted by atomic mass is 35.5. The molecule has 4 rings (SSSR count). The molecule has 0 saturated carbocycles. The minimum Gasteiger partial charge on any atom is -0.357 e. The molecule has 1 N–H and O–H groups in total. The number of imidazole rings is 1. The quantitative estimate of drug-likeness (QED) is 0.409. The van der Waals surface area contributed by atoms with Crippen molar-refractivity contribution >= 4 is 43.4 Å². The van der Waals surface area contributed by atoms with Crippen molar-refractivity contribution in [2.24, 2.45) is 0 Å². The third-order valence-corrected chi connectivity index (χ3v) is 6.63. The van der Waals surface area contributed by atoms with Gasteiger partial charge in [-0.15, -0.1) is 0 Å². The van der Waals surface area contributed by atoms with Gasteiger partial charge in [-0.1, -0.05) is 11.6 Å². The van der Waals surface area contributed by atoms with Gasteiger partial charge in [0.05, 0.1) is 23.3 Å². The highest BCUT2D eigenvalue weighted by molar-refractivity contribution is 7.90. The number of nitrogens with one attached hydrogen (secondary N) is 1. The Bertz CT molecular complexity index is 1490. The number of pyridine rings is 1. The number of alkyl halides is 3. The number of sulfone groups is 1. The third kappa shape index (κ3) is 5.09. The molecule has 33 heavy (non-hydrogen) atoms. The number of aromatic nitrogens is 4. The van der Waals surface area contributed by atoms with Gasteiger partial charge >= 0.3 is 11.9 Å². The van der Waals surface area contributed by atoms with Gasteiger partial charge in [0, 0.05) is 39.8 Å². The van der Waals surface area contributed by atoms with Crippen LogP contribution in [-0.2, 0) is 16.4 Å². The summed E-state index contributed by atoms with van der Waals surface area (Å²) in [4.78, 5) is 20.5. The van der Waals surface area contributed by atoms with E-state index in [1.54, 1.807) is 24.3 Å². The number of halogens is 4. The summed E-state index contributed by atoms with van der Waals surface area (Å²) in [7, 11) is -3.27. The molecule has 3 heterocycles. The molecule has 1 aromatic carbocycles. The van der Waals surface area contributed by atoms with E-state index < -0.39 is 34.3 Å². The maximum Gasteiger partial charge on any atom is 0.406 e. The molecule has 7 nitrogen and oxygen atoms in total. The van der Waals surface area contributed by atoms with Crippen LogP contribution in [0.5, 0.6) is 0 Å². The number of aromatic amines is 1. The molecule has 0 fully saturated rings. The number of hydrogen-bond donors (Lipinski definition) is 1. The molecule has 0 aliphatic rings. The Morgan fingerprint density at radius 2 is 1.94 bits per heavy atom. The maximum absolute atomic E-state index is 13.3. The monoisotopic (exact) mass is 500 g/mol. The lowest BCUT2D eigenvalue weighted by Gasteiger charge is -2.18. The molecule has 0 saturated heterocycles. The van der Waals surface area contributed by atoms with Crippen molar-refractivity contribution in [3.8, 4) is 0 Å². The van der Waals surface area contributed by atoms with E-state index in [0.717, 1.165) is 17.2 Å². The van der Waals surface area contributed by atoms with Gasteiger partial charge in [-0.3, -0.25) is 14.1 Å². The molecule has 0 aliphatic carbocycles. The maximum atomic E-state index is 13.3. The van der Waals surface area contributed by atoms with Crippen LogP contribution in [0, 0.1) is 0 Å². The molecule has 0 radical (unpaired) electrons. The van der Waals surface area contributed by atoms with Gasteiger partial charge < -0.3 is 4.98 Å². The van der Waals surface area contributed by atoms with E-state index in [1.165, 1.54) is 23.0 Å². The summed E-state index contributed by atoms with van der Waals surface area (Å²) in [5, 5.41) is 1.26. The first-order chi connectivity index (χ1) is 15.4. The first-order valence-corrected chi connectivity index (χ1v) is 12.4. The molecule has 3 aromatic heterocycles. The Morgan fingerprint density at radius 3 is 2.64 bits per heavy atom. The van der Waals surface area contributed by atoms with Crippen molar-refractivity contribution in [3.63, 3.8) is 0 Å². The summed E-state index contributed by atoms with van der Waals surface area (Å²) >= 11 is 6.07. The Hall–Kier alpha value is -2.79. The van der Waals surface area contributed by atoms with Crippen molar-refractivity contribution in [1.82, 2.24) is 19.1 Å². The van der Waals surface area contributed by atoms with Crippen LogP contribution in [0.15, 0.2) is 47.5 Å². The van der Waals surface area contributed by atoms with Crippen LogP contribution >= 0.6 is 11.6 Å². The zero-order valence-electron chi connectivity index (χ0n) is 17.4. The Labute approximate surface area is 191 Å². The molecule has 0 amide bonds. The minimum absolute atomic E-state index is 0.0968. The molecule has 0 spiro atoms. The van der Waals surface area contributed by atoms with Crippen molar-refractivity contribution < 1.29 is 21.6 Å². The van der Waals surface area contributed by atoms with Gasteiger partial charge in [-0.2, -0.15) is 13.2 Å². The fraction of sp³-hybridized carbons (Fsp3) is 0.333. The Morgan fingerprint density at radius 1 is 1.18 bits per heavy atom. The van der Waals surface area contributed by atoms with Crippen LogP contribution in [0.3, 0.4) is 0 Å². The van der Waals surface area contributed by atoms with Crippen LogP contribution in [-0.4, -0.2) is 45.7 Å². The second-order valence-corrected chi connectivity index (χ2v) is 10.7. The average molecular weight is 501 g/mol. The fourth-order valence-corrected chi connectivity index (χ4v) is 4.90. The van der Waals surface area contributed by atoms with Gasteiger partial charge in [-0.25, -0.2) is 13.2 Å². The smallest absolute Gasteiger partial charge is 0.357 e. The highest BCUT2D eigenvalue weighted by Crippen LogP contribution is 2.30. The topological polar surface area (TPSA) is 89.8 Å². The van der Waals surface area contributed by atoms with Crippen LogP contribution in [0.2, 0.25) is 5.02 Å². The molecule has 0 bridgehead atoms. The lowest BCUT2D eigenvalue weighted by atomic mass is 10.1. The summed E-state index contributed by atoms with van der Waals surface area (Å²) in [5.74, 6) is -0.121. The molecule has 0 aliphatic heterocycles. The molecule has 1 unspecified atom stereocenters. The van der Waals surface area contributed by atoms with E-state index in [1.807, 2.05) is 0 Å². The number of rotatable bonds is 7. The molecule has 12 heteroatoms. The molecule has 4 aromatic rings. The van der Waals surface area contributed by atoms with Gasteiger partial charge in [0.2, 0.25) is 0 Å². The van der Waals surface area contributed by atoms with Crippen LogP contribution < -0.4 is 5.69 Å². The lowest BCUT2D eigenvalue weighted by Crippen LogP contribution is -2.32. The number of nitrogens with zero attached hydrogens (tertiary/aromatic N) is 3. The van der Waals surface area contributed by atoms with E-state index >= 15 is 0 Å². The van der Waals surface area contributed by atoms with Crippen molar-refractivity contribution in [2.75, 3.05) is 12.0 Å². The summed E-state index contributed by atoms with van der Waals surface area (Å²) < 4.78 is 64.9. The van der Waals surface area contributed by atoms with Crippen LogP contribution in [0.1, 0.15) is 24.6 Å². The Balaban J connectivity index is 1.89. The van der Waals surface area contributed by atoms with E-state index in [9.17, 15) is 26.4 Å². The van der Waals surface area contributed by atoms with Gasteiger partial charge in [-0.05, 0) is 43.2 Å². The molecular weight excluding hydrogens is 481 g/mol. The summed E-state index contributed by atoms with van der Waals surface area (Å²) in [5.41, 5.74) is 0.759. The van der Waals surface area contributed by atoms with Crippen molar-refractivity contribution in [3.05, 3.63) is 63.9 Å². The third-order valence-electron chi connectivity index (χ3n) is 5.37.